The highest BCUT2D eigenvalue weighted by Crippen LogP contribution is 2.39. The van der Waals surface area contributed by atoms with E-state index in [1.807, 2.05) is 24.3 Å². The number of aryl methyl sites for hydroxylation is 4. The minimum atomic E-state index is 0.0512. The van der Waals surface area contributed by atoms with Crippen LogP contribution in [0.25, 0.3) is 16.9 Å². The normalized spacial score (nSPS) is 12.0. The molecule has 5 nitrogen and oxygen atoms in total. The maximum absolute atomic E-state index is 12.9. The highest BCUT2D eigenvalue weighted by molar-refractivity contribution is 5.77. The fourth-order valence-corrected chi connectivity index (χ4v) is 5.27. The van der Waals surface area contributed by atoms with E-state index in [-0.39, 0.29) is 5.91 Å². The molecule has 0 saturated carbocycles. The second kappa shape index (κ2) is 10.6. The van der Waals surface area contributed by atoms with Crippen LogP contribution < -0.4 is 14.8 Å². The lowest BCUT2D eigenvalue weighted by atomic mass is 9.90. The average molecular weight is 495 g/mol. The number of ether oxygens (including phenoxy) is 2. The van der Waals surface area contributed by atoms with E-state index < -0.39 is 0 Å². The molecule has 1 aliphatic rings. The molecule has 0 unspecified atom stereocenters. The molecule has 1 amide bonds. The standard InChI is InChI=1S/C32H34N2O3/c1-21-8-7-10-25(22(21)2)20-33-31(35)15-14-26-16-24-13-12-23-9-5-6-11-30(23)32(24)34(26)27-17-28(36-3)19-29(18-27)37-4/h5-11,16-19H,12-15,20H2,1-4H3,(H,33,35). The molecule has 0 fully saturated rings. The number of carbonyl (C=O) groups excluding carboxylic acids is 1. The summed E-state index contributed by atoms with van der Waals surface area (Å²) < 4.78 is 13.5. The van der Waals surface area contributed by atoms with E-state index in [9.17, 15) is 4.79 Å². The van der Waals surface area contributed by atoms with E-state index in [4.69, 9.17) is 9.47 Å². The van der Waals surface area contributed by atoms with Gasteiger partial charge in [0.1, 0.15) is 11.5 Å². The Morgan fingerprint density at radius 1 is 0.892 bits per heavy atom. The molecular weight excluding hydrogens is 460 g/mol. The van der Waals surface area contributed by atoms with E-state index in [2.05, 4.69) is 66.2 Å². The number of aromatic nitrogens is 1. The molecule has 5 rings (SSSR count). The zero-order valence-electron chi connectivity index (χ0n) is 22.1. The average Bonchev–Trinajstić information content (AvgIpc) is 3.31. The zero-order chi connectivity index (χ0) is 25.9. The summed E-state index contributed by atoms with van der Waals surface area (Å²) in [6, 6.07) is 23.0. The summed E-state index contributed by atoms with van der Waals surface area (Å²) in [7, 11) is 3.33. The Hall–Kier alpha value is -3.99. The van der Waals surface area contributed by atoms with Crippen molar-refractivity contribution in [3.63, 3.8) is 0 Å². The molecule has 190 valence electrons. The van der Waals surface area contributed by atoms with Crippen molar-refractivity contribution in [3.8, 4) is 28.4 Å². The van der Waals surface area contributed by atoms with Gasteiger partial charge < -0.3 is 19.4 Å². The summed E-state index contributed by atoms with van der Waals surface area (Å²) in [4.78, 5) is 12.9. The van der Waals surface area contributed by atoms with Gasteiger partial charge in [-0.05, 0) is 67.0 Å². The number of amides is 1. The second-order valence-corrected chi connectivity index (χ2v) is 9.71. The van der Waals surface area contributed by atoms with Crippen LogP contribution in [-0.4, -0.2) is 24.7 Å². The number of methoxy groups -OCH3 is 2. The first kappa shape index (κ1) is 24.7. The van der Waals surface area contributed by atoms with Crippen molar-refractivity contribution in [1.29, 1.82) is 0 Å². The van der Waals surface area contributed by atoms with Gasteiger partial charge >= 0.3 is 0 Å². The molecule has 0 radical (unpaired) electrons. The molecule has 3 aromatic carbocycles. The van der Waals surface area contributed by atoms with E-state index >= 15 is 0 Å². The third kappa shape index (κ3) is 4.99. The SMILES string of the molecule is COc1cc(OC)cc(-n2c(CCC(=O)NCc3cccc(C)c3C)cc3c2-c2ccccc2CC3)c1. The fourth-order valence-electron chi connectivity index (χ4n) is 5.27. The lowest BCUT2D eigenvalue weighted by molar-refractivity contribution is -0.121. The Kier molecular flexibility index (Phi) is 7.04. The van der Waals surface area contributed by atoms with E-state index in [1.54, 1.807) is 14.2 Å². The molecule has 37 heavy (non-hydrogen) atoms. The van der Waals surface area contributed by atoms with E-state index in [1.165, 1.54) is 33.5 Å². The minimum Gasteiger partial charge on any atom is -0.497 e. The number of nitrogens with one attached hydrogen (secondary N) is 1. The van der Waals surface area contributed by atoms with Crippen molar-refractivity contribution >= 4 is 5.91 Å². The van der Waals surface area contributed by atoms with Crippen LogP contribution in [0, 0.1) is 13.8 Å². The number of carbonyl (C=O) groups is 1. The highest BCUT2D eigenvalue weighted by atomic mass is 16.5. The third-order valence-electron chi connectivity index (χ3n) is 7.49. The van der Waals surface area contributed by atoms with Gasteiger partial charge in [0, 0.05) is 42.4 Å². The number of nitrogens with zero attached hydrogens (tertiary/aromatic N) is 1. The van der Waals surface area contributed by atoms with Crippen LogP contribution in [0.3, 0.4) is 0 Å². The van der Waals surface area contributed by atoms with Gasteiger partial charge in [-0.25, -0.2) is 0 Å². The van der Waals surface area contributed by atoms with Crippen LogP contribution >= 0.6 is 0 Å². The Morgan fingerprint density at radius 2 is 1.62 bits per heavy atom. The molecule has 4 aromatic rings. The summed E-state index contributed by atoms with van der Waals surface area (Å²) in [5, 5.41) is 3.12. The van der Waals surface area contributed by atoms with Gasteiger partial charge in [0.15, 0.2) is 0 Å². The van der Waals surface area contributed by atoms with Gasteiger partial charge in [-0.1, -0.05) is 42.5 Å². The smallest absolute Gasteiger partial charge is 0.220 e. The van der Waals surface area contributed by atoms with Crippen LogP contribution in [0.4, 0.5) is 0 Å². The molecule has 0 atom stereocenters. The van der Waals surface area contributed by atoms with Gasteiger partial charge in [0.25, 0.3) is 0 Å². The van der Waals surface area contributed by atoms with E-state index in [0.29, 0.717) is 19.4 Å². The monoisotopic (exact) mass is 494 g/mol. The zero-order valence-corrected chi connectivity index (χ0v) is 22.1. The number of fused-ring (bicyclic) bond motifs is 3. The van der Waals surface area contributed by atoms with Gasteiger partial charge in [-0.3, -0.25) is 4.79 Å². The number of rotatable bonds is 8. The Morgan fingerprint density at radius 3 is 2.38 bits per heavy atom. The summed E-state index contributed by atoms with van der Waals surface area (Å²) in [5.41, 5.74) is 10.8. The summed E-state index contributed by atoms with van der Waals surface area (Å²) in [6.07, 6.45) is 3.04. The molecule has 1 aromatic heterocycles. The molecule has 0 bridgehead atoms. The molecule has 5 heteroatoms. The molecule has 1 aliphatic carbocycles. The largest absolute Gasteiger partial charge is 0.497 e. The first-order valence-corrected chi connectivity index (χ1v) is 12.9. The maximum atomic E-state index is 12.9. The first-order chi connectivity index (χ1) is 18.0. The Balaban J connectivity index is 1.47. The van der Waals surface area contributed by atoms with Crippen molar-refractivity contribution in [2.75, 3.05) is 14.2 Å². The Bertz CT molecular complexity index is 1430. The van der Waals surface area contributed by atoms with Crippen LogP contribution in [0.5, 0.6) is 11.5 Å². The third-order valence-corrected chi connectivity index (χ3v) is 7.49. The lowest BCUT2D eigenvalue weighted by Crippen LogP contribution is -2.23. The van der Waals surface area contributed by atoms with E-state index in [0.717, 1.165) is 41.3 Å². The van der Waals surface area contributed by atoms with Gasteiger partial charge in [-0.15, -0.1) is 0 Å². The highest BCUT2D eigenvalue weighted by Gasteiger charge is 2.24. The van der Waals surface area contributed by atoms with Crippen molar-refractivity contribution in [2.24, 2.45) is 0 Å². The molecule has 0 aliphatic heterocycles. The van der Waals surface area contributed by atoms with Gasteiger partial charge in [0.05, 0.1) is 25.6 Å². The second-order valence-electron chi connectivity index (χ2n) is 9.71. The minimum absolute atomic E-state index is 0.0512. The topological polar surface area (TPSA) is 52.5 Å². The molecule has 0 spiro atoms. The fraction of sp³-hybridized carbons (Fsp3) is 0.281. The number of benzene rings is 3. The summed E-state index contributed by atoms with van der Waals surface area (Å²) in [5.74, 6) is 1.52. The summed E-state index contributed by atoms with van der Waals surface area (Å²) >= 11 is 0. The number of hydrogen-bond donors (Lipinski definition) is 1. The van der Waals surface area contributed by atoms with Crippen molar-refractivity contribution in [2.45, 2.75) is 46.1 Å². The van der Waals surface area contributed by atoms with Crippen LogP contribution in [0.15, 0.2) is 66.7 Å². The predicted molar refractivity (Wildman–Crippen MR) is 148 cm³/mol. The predicted octanol–water partition coefficient (Wildman–Crippen LogP) is 6.13. The lowest BCUT2D eigenvalue weighted by Gasteiger charge is -2.21. The van der Waals surface area contributed by atoms with Gasteiger partial charge in [0.2, 0.25) is 5.91 Å². The molecule has 1 heterocycles. The van der Waals surface area contributed by atoms with Crippen molar-refractivity contribution in [3.05, 3.63) is 100 Å². The molecule has 1 N–H and O–H groups in total. The van der Waals surface area contributed by atoms with Crippen molar-refractivity contribution in [1.82, 2.24) is 9.88 Å². The van der Waals surface area contributed by atoms with Crippen LogP contribution in [0.1, 0.15) is 39.9 Å². The van der Waals surface area contributed by atoms with Crippen molar-refractivity contribution < 1.29 is 14.3 Å². The number of hydrogen-bond acceptors (Lipinski definition) is 3. The molecular formula is C32H34N2O3. The first-order valence-electron chi connectivity index (χ1n) is 12.9. The Labute approximate surface area is 219 Å². The quantitative estimate of drug-likeness (QED) is 0.321. The maximum Gasteiger partial charge on any atom is 0.220 e. The molecule has 0 saturated heterocycles. The van der Waals surface area contributed by atoms with Gasteiger partial charge in [-0.2, -0.15) is 0 Å². The van der Waals surface area contributed by atoms with Crippen LogP contribution in [-0.2, 0) is 30.6 Å². The summed E-state index contributed by atoms with van der Waals surface area (Å²) in [6.45, 7) is 4.75. The van der Waals surface area contributed by atoms with Crippen LogP contribution in [0.2, 0.25) is 0 Å².